The second kappa shape index (κ2) is 10.8. The minimum Gasteiger partial charge on any atom is -0.545 e. The first kappa shape index (κ1) is 27.7. The third-order valence-corrected chi connectivity index (χ3v) is 11.3. The molecule has 3 atom stereocenters. The van der Waals surface area contributed by atoms with Gasteiger partial charge < -0.3 is 19.6 Å². The summed E-state index contributed by atoms with van der Waals surface area (Å²) in [5.74, 6) is -0.247. The minimum atomic E-state index is -1.96. The number of carboxylic acids is 1. The summed E-state index contributed by atoms with van der Waals surface area (Å²) in [4.78, 5) is 13.8. The minimum absolute atomic E-state index is 0. The Bertz CT molecular complexity index is 943. The predicted molar refractivity (Wildman–Crippen MR) is 131 cm³/mol. The molecule has 1 heterocycles. The van der Waals surface area contributed by atoms with E-state index in [0.717, 1.165) is 30.0 Å². The molecule has 5 nitrogen and oxygen atoms in total. The second-order valence-corrected chi connectivity index (χ2v) is 15.3. The van der Waals surface area contributed by atoms with E-state index in [1.165, 1.54) is 0 Å². The molecule has 1 aliphatic heterocycles. The SMILES string of the molecule is C[C@@H]1CN[C@@H](C)CN1[C@H](c1ccc(C(=O)[O-])cc1)c1cccc(O[Si](C)(C)C(C)(C)C)c1.[Li+]. The van der Waals surface area contributed by atoms with Crippen LogP contribution in [0.2, 0.25) is 18.1 Å². The van der Waals surface area contributed by atoms with Crippen molar-refractivity contribution in [2.45, 2.75) is 70.9 Å². The van der Waals surface area contributed by atoms with Crippen LogP contribution >= 0.6 is 0 Å². The third-order valence-electron chi connectivity index (χ3n) is 6.96. The summed E-state index contributed by atoms with van der Waals surface area (Å²) in [5.41, 5.74) is 2.42. The van der Waals surface area contributed by atoms with E-state index in [2.05, 4.69) is 76.1 Å². The number of carbonyl (C=O) groups is 1. The van der Waals surface area contributed by atoms with Crippen LogP contribution in [0.1, 0.15) is 62.1 Å². The first-order chi connectivity index (χ1) is 14.9. The number of piperazine rings is 1. The van der Waals surface area contributed by atoms with Gasteiger partial charge in [-0.2, -0.15) is 0 Å². The molecule has 0 aromatic heterocycles. The van der Waals surface area contributed by atoms with Crippen molar-refractivity contribution in [3.63, 3.8) is 0 Å². The monoisotopic (exact) mass is 460 g/mol. The molecule has 0 spiro atoms. The van der Waals surface area contributed by atoms with Gasteiger partial charge in [-0.1, -0.05) is 57.2 Å². The first-order valence-electron chi connectivity index (χ1n) is 11.5. The summed E-state index contributed by atoms with van der Waals surface area (Å²) in [6.07, 6.45) is 0. The molecule has 3 rings (SSSR count). The van der Waals surface area contributed by atoms with Gasteiger partial charge in [0.05, 0.1) is 12.0 Å². The van der Waals surface area contributed by atoms with Gasteiger partial charge in [-0.15, -0.1) is 0 Å². The van der Waals surface area contributed by atoms with Gasteiger partial charge in [-0.25, -0.2) is 0 Å². The van der Waals surface area contributed by atoms with Crippen LogP contribution in [0, 0.1) is 0 Å². The number of hydrogen-bond donors (Lipinski definition) is 1. The zero-order valence-corrected chi connectivity index (χ0v) is 22.4. The van der Waals surface area contributed by atoms with E-state index in [1.54, 1.807) is 12.1 Å². The van der Waals surface area contributed by atoms with Crippen molar-refractivity contribution in [1.29, 1.82) is 0 Å². The van der Waals surface area contributed by atoms with Crippen molar-refractivity contribution < 1.29 is 33.2 Å². The van der Waals surface area contributed by atoms with Crippen molar-refractivity contribution in [1.82, 2.24) is 10.2 Å². The maximum Gasteiger partial charge on any atom is 1.00 e. The molecule has 1 fully saturated rings. The fourth-order valence-electron chi connectivity index (χ4n) is 3.98. The Labute approximate surface area is 212 Å². The van der Waals surface area contributed by atoms with Gasteiger partial charge in [0.25, 0.3) is 0 Å². The summed E-state index contributed by atoms with van der Waals surface area (Å²) >= 11 is 0. The molecule has 2 aromatic carbocycles. The number of aromatic carboxylic acids is 1. The average Bonchev–Trinajstić information content (AvgIpc) is 2.70. The van der Waals surface area contributed by atoms with Crippen LogP contribution < -0.4 is 33.7 Å². The second-order valence-electron chi connectivity index (χ2n) is 10.6. The van der Waals surface area contributed by atoms with Gasteiger partial charge in [0.2, 0.25) is 8.32 Å². The Morgan fingerprint density at radius 2 is 1.76 bits per heavy atom. The van der Waals surface area contributed by atoms with E-state index >= 15 is 0 Å². The van der Waals surface area contributed by atoms with E-state index in [4.69, 9.17) is 4.43 Å². The van der Waals surface area contributed by atoms with Gasteiger partial charge in [-0.3, -0.25) is 4.90 Å². The Morgan fingerprint density at radius 1 is 1.12 bits per heavy atom. The van der Waals surface area contributed by atoms with Crippen molar-refractivity contribution in [3.8, 4) is 5.75 Å². The number of carboxylic acid groups (broad SMARTS) is 1. The normalized spacial score (nSPS) is 20.6. The van der Waals surface area contributed by atoms with E-state index in [-0.39, 0.29) is 35.5 Å². The zero-order valence-electron chi connectivity index (χ0n) is 21.4. The van der Waals surface area contributed by atoms with Gasteiger partial charge in [0.15, 0.2) is 0 Å². The molecule has 1 N–H and O–H groups in total. The number of benzene rings is 2. The largest absolute Gasteiger partial charge is 1.00 e. The topological polar surface area (TPSA) is 64.6 Å². The van der Waals surface area contributed by atoms with E-state index in [9.17, 15) is 9.90 Å². The molecule has 174 valence electrons. The number of nitrogens with one attached hydrogen (secondary N) is 1. The summed E-state index contributed by atoms with van der Waals surface area (Å²) in [7, 11) is -1.96. The van der Waals surface area contributed by atoms with Crippen molar-refractivity contribution in [3.05, 3.63) is 65.2 Å². The van der Waals surface area contributed by atoms with Gasteiger partial charge >= 0.3 is 18.9 Å². The average molecular weight is 461 g/mol. The fraction of sp³-hybridized carbons (Fsp3) is 0.500. The van der Waals surface area contributed by atoms with Crippen LogP contribution in [0.4, 0.5) is 0 Å². The summed E-state index contributed by atoms with van der Waals surface area (Å²) in [5, 5.41) is 14.9. The van der Waals surface area contributed by atoms with Gasteiger partial charge in [0.1, 0.15) is 5.75 Å². The predicted octanol–water partition coefficient (Wildman–Crippen LogP) is 1.21. The number of nitrogens with zero attached hydrogens (tertiary/aromatic N) is 1. The van der Waals surface area contributed by atoms with Crippen molar-refractivity contribution >= 4 is 14.3 Å². The summed E-state index contributed by atoms with van der Waals surface area (Å²) < 4.78 is 6.60. The van der Waals surface area contributed by atoms with Crippen LogP contribution in [0.15, 0.2) is 48.5 Å². The maximum absolute atomic E-state index is 11.3. The molecule has 7 heteroatoms. The van der Waals surface area contributed by atoms with Crippen molar-refractivity contribution in [2.75, 3.05) is 13.1 Å². The van der Waals surface area contributed by atoms with Crippen LogP contribution in [0.25, 0.3) is 0 Å². The van der Waals surface area contributed by atoms with Gasteiger partial charge in [-0.05, 0) is 60.8 Å². The number of rotatable bonds is 6. The third kappa shape index (κ3) is 6.52. The molecule has 0 radical (unpaired) electrons. The summed E-state index contributed by atoms with van der Waals surface area (Å²) in [6, 6.07) is 16.3. The Morgan fingerprint density at radius 3 is 2.33 bits per heavy atom. The van der Waals surface area contributed by atoms with E-state index in [0.29, 0.717) is 12.1 Å². The fourth-order valence-corrected chi connectivity index (χ4v) is 5.00. The molecule has 1 saturated heterocycles. The Balaban J connectivity index is 0.00000385. The van der Waals surface area contributed by atoms with Crippen LogP contribution in [0.5, 0.6) is 5.75 Å². The van der Waals surface area contributed by atoms with E-state index < -0.39 is 14.3 Å². The molecule has 0 bridgehead atoms. The molecule has 0 amide bonds. The molecular weight excluding hydrogens is 423 g/mol. The van der Waals surface area contributed by atoms with Crippen molar-refractivity contribution in [2.24, 2.45) is 0 Å². The molecule has 33 heavy (non-hydrogen) atoms. The quantitative estimate of drug-likeness (QED) is 0.657. The smallest absolute Gasteiger partial charge is 0.545 e. The Hall–Kier alpha value is -1.56. The van der Waals surface area contributed by atoms with Crippen LogP contribution in [-0.2, 0) is 0 Å². The zero-order chi connectivity index (χ0) is 23.7. The number of hydrogen-bond acceptors (Lipinski definition) is 5. The summed E-state index contributed by atoms with van der Waals surface area (Å²) in [6.45, 7) is 17.5. The number of carbonyl (C=O) groups excluding carboxylic acids is 1. The molecular formula is C26H37LiN2O3Si. The first-order valence-corrected chi connectivity index (χ1v) is 14.4. The standard InChI is InChI=1S/C26H38N2O3Si.Li/c1-18-17-28(19(2)16-27-18)24(20-11-13-21(14-12-20)25(29)30)22-9-8-10-23(15-22)31-32(6,7)26(3,4)5;/h8-15,18-19,24,27H,16-17H2,1-7H3,(H,29,30);/q;+1/p-1/t18-,19+,24+;/m0./s1. The van der Waals surface area contributed by atoms with Crippen LogP contribution in [-0.4, -0.2) is 44.4 Å². The van der Waals surface area contributed by atoms with Gasteiger partial charge in [0, 0.05) is 25.2 Å². The molecule has 1 aliphatic rings. The molecule has 0 aliphatic carbocycles. The van der Waals surface area contributed by atoms with Crippen LogP contribution in [0.3, 0.4) is 0 Å². The Kier molecular flexibility index (Phi) is 9.06. The maximum atomic E-state index is 11.3. The molecule has 0 saturated carbocycles. The molecule has 2 aromatic rings. The molecule has 0 unspecified atom stereocenters. The van der Waals surface area contributed by atoms with E-state index in [1.807, 2.05) is 18.2 Å².